The summed E-state index contributed by atoms with van der Waals surface area (Å²) in [5, 5.41) is 0. The molecule has 1 atom stereocenters. The summed E-state index contributed by atoms with van der Waals surface area (Å²) in [5.74, 6) is 4.49. The Hall–Kier alpha value is -1.66. The Bertz CT molecular complexity index is 453. The van der Waals surface area contributed by atoms with Gasteiger partial charge in [0.1, 0.15) is 5.82 Å². The number of nitrogens with two attached hydrogens (primary N) is 1. The number of carbonyl (C=O) groups is 1. The fourth-order valence-electron chi connectivity index (χ4n) is 2.03. The van der Waals surface area contributed by atoms with E-state index in [-0.39, 0.29) is 23.2 Å². The van der Waals surface area contributed by atoms with Gasteiger partial charge in [-0.2, -0.15) is 0 Å². The lowest BCUT2D eigenvalue weighted by atomic mass is 10.1. The summed E-state index contributed by atoms with van der Waals surface area (Å²) < 4.78 is 18.8. The molecule has 1 heterocycles. The zero-order valence-electron chi connectivity index (χ0n) is 10.1. The maximum Gasteiger partial charge on any atom is 0.256 e. The lowest BCUT2D eigenvalue weighted by molar-refractivity contribution is 0.00363. The van der Waals surface area contributed by atoms with Crippen molar-refractivity contribution in [3.05, 3.63) is 29.6 Å². The van der Waals surface area contributed by atoms with Gasteiger partial charge in [-0.1, -0.05) is 6.07 Å². The van der Waals surface area contributed by atoms with Crippen LogP contribution in [0.4, 0.5) is 10.1 Å². The number of hydrazine groups is 1. The van der Waals surface area contributed by atoms with E-state index in [0.717, 1.165) is 0 Å². The SMILES string of the molecule is CC1COCCN1C(=O)c1cccc(F)c1NN. The molecule has 6 heteroatoms. The van der Waals surface area contributed by atoms with E-state index in [9.17, 15) is 9.18 Å². The summed E-state index contributed by atoms with van der Waals surface area (Å²) in [6.07, 6.45) is 0. The van der Waals surface area contributed by atoms with Crippen LogP contribution in [0.2, 0.25) is 0 Å². The maximum atomic E-state index is 13.5. The molecule has 0 spiro atoms. The number of para-hydroxylation sites is 1. The van der Waals surface area contributed by atoms with Crippen molar-refractivity contribution in [1.29, 1.82) is 0 Å². The lowest BCUT2D eigenvalue weighted by Crippen LogP contribution is -2.47. The summed E-state index contributed by atoms with van der Waals surface area (Å²) in [6, 6.07) is 4.28. The third-order valence-electron chi connectivity index (χ3n) is 3.02. The van der Waals surface area contributed by atoms with E-state index in [1.807, 2.05) is 6.92 Å². The Morgan fingerprint density at radius 3 is 3.06 bits per heavy atom. The molecule has 1 aromatic rings. The average Bonchev–Trinajstić information content (AvgIpc) is 2.38. The average molecular weight is 253 g/mol. The van der Waals surface area contributed by atoms with Crippen LogP contribution < -0.4 is 11.3 Å². The fraction of sp³-hybridized carbons (Fsp3) is 0.417. The van der Waals surface area contributed by atoms with Crippen LogP contribution >= 0.6 is 0 Å². The first-order chi connectivity index (χ1) is 8.65. The van der Waals surface area contributed by atoms with Crippen molar-refractivity contribution in [2.45, 2.75) is 13.0 Å². The topological polar surface area (TPSA) is 67.6 Å². The van der Waals surface area contributed by atoms with Crippen LogP contribution in [0.5, 0.6) is 0 Å². The molecule has 0 bridgehead atoms. The lowest BCUT2D eigenvalue weighted by Gasteiger charge is -2.33. The Labute approximate surface area is 105 Å². The molecule has 3 N–H and O–H groups in total. The first kappa shape index (κ1) is 12.8. The van der Waals surface area contributed by atoms with Crippen LogP contribution in [0.15, 0.2) is 18.2 Å². The molecule has 1 fully saturated rings. The van der Waals surface area contributed by atoms with Gasteiger partial charge in [0.25, 0.3) is 5.91 Å². The number of anilines is 1. The predicted octanol–water partition coefficient (Wildman–Crippen LogP) is 0.972. The molecule has 1 unspecified atom stereocenters. The van der Waals surface area contributed by atoms with Crippen LogP contribution in [0.25, 0.3) is 0 Å². The smallest absolute Gasteiger partial charge is 0.256 e. The number of hydrogen-bond donors (Lipinski definition) is 2. The largest absolute Gasteiger partial charge is 0.377 e. The molecule has 1 aromatic carbocycles. The number of nitrogen functional groups attached to an aromatic ring is 1. The monoisotopic (exact) mass is 253 g/mol. The summed E-state index contributed by atoms with van der Waals surface area (Å²) in [4.78, 5) is 14.0. The van der Waals surface area contributed by atoms with Crippen LogP contribution in [0, 0.1) is 5.82 Å². The number of nitrogens with zero attached hydrogens (tertiary/aromatic N) is 1. The summed E-state index contributed by atoms with van der Waals surface area (Å²) in [5.41, 5.74) is 2.52. The highest BCUT2D eigenvalue weighted by Gasteiger charge is 2.27. The minimum atomic E-state index is -0.538. The van der Waals surface area contributed by atoms with Gasteiger partial charge in [0.05, 0.1) is 30.5 Å². The number of rotatable bonds is 2. The zero-order valence-corrected chi connectivity index (χ0v) is 10.1. The molecule has 98 valence electrons. The second-order valence-corrected chi connectivity index (χ2v) is 4.23. The molecule has 1 aliphatic rings. The number of morpholine rings is 1. The minimum Gasteiger partial charge on any atom is -0.377 e. The second kappa shape index (κ2) is 5.32. The van der Waals surface area contributed by atoms with Crippen molar-refractivity contribution < 1.29 is 13.9 Å². The van der Waals surface area contributed by atoms with E-state index in [4.69, 9.17) is 10.6 Å². The molecule has 1 aliphatic heterocycles. The van der Waals surface area contributed by atoms with Crippen molar-refractivity contribution in [3.63, 3.8) is 0 Å². The van der Waals surface area contributed by atoms with E-state index >= 15 is 0 Å². The third-order valence-corrected chi connectivity index (χ3v) is 3.02. The Morgan fingerprint density at radius 1 is 1.61 bits per heavy atom. The van der Waals surface area contributed by atoms with Gasteiger partial charge < -0.3 is 15.1 Å². The minimum absolute atomic E-state index is 0.0276. The molecule has 18 heavy (non-hydrogen) atoms. The number of ether oxygens (including phenoxy) is 1. The third kappa shape index (κ3) is 2.30. The quantitative estimate of drug-likeness (QED) is 0.609. The normalized spacial score (nSPS) is 19.7. The van der Waals surface area contributed by atoms with Crippen molar-refractivity contribution in [2.75, 3.05) is 25.2 Å². The summed E-state index contributed by atoms with van der Waals surface area (Å²) in [6.45, 7) is 3.38. The highest BCUT2D eigenvalue weighted by Crippen LogP contribution is 2.22. The van der Waals surface area contributed by atoms with Gasteiger partial charge in [0.2, 0.25) is 0 Å². The van der Waals surface area contributed by atoms with E-state index < -0.39 is 5.82 Å². The predicted molar refractivity (Wildman–Crippen MR) is 65.5 cm³/mol. The van der Waals surface area contributed by atoms with Crippen molar-refractivity contribution in [3.8, 4) is 0 Å². The van der Waals surface area contributed by atoms with Gasteiger partial charge >= 0.3 is 0 Å². The van der Waals surface area contributed by atoms with Gasteiger partial charge in [-0.05, 0) is 19.1 Å². The number of nitrogens with one attached hydrogen (secondary N) is 1. The molecule has 0 saturated carbocycles. The second-order valence-electron chi connectivity index (χ2n) is 4.23. The van der Waals surface area contributed by atoms with Crippen molar-refractivity contribution >= 4 is 11.6 Å². The molecular formula is C12H16FN3O2. The van der Waals surface area contributed by atoms with Gasteiger partial charge in [-0.25, -0.2) is 4.39 Å². The Kier molecular flexibility index (Phi) is 3.78. The molecule has 1 saturated heterocycles. The number of carbonyl (C=O) groups excluding carboxylic acids is 1. The van der Waals surface area contributed by atoms with Gasteiger partial charge in [-0.15, -0.1) is 0 Å². The number of amides is 1. The molecule has 5 nitrogen and oxygen atoms in total. The molecule has 0 radical (unpaired) electrons. The fourth-order valence-corrected chi connectivity index (χ4v) is 2.03. The van der Waals surface area contributed by atoms with E-state index in [1.54, 1.807) is 11.0 Å². The highest BCUT2D eigenvalue weighted by molar-refractivity contribution is 5.99. The Morgan fingerprint density at radius 2 is 2.39 bits per heavy atom. The summed E-state index contributed by atoms with van der Waals surface area (Å²) in [7, 11) is 0. The van der Waals surface area contributed by atoms with Gasteiger partial charge in [0.15, 0.2) is 0 Å². The van der Waals surface area contributed by atoms with E-state index in [2.05, 4.69) is 5.43 Å². The first-order valence-electron chi connectivity index (χ1n) is 5.79. The standard InChI is InChI=1S/C12H16FN3O2/c1-8-7-18-6-5-16(8)12(17)9-3-2-4-10(13)11(9)15-14/h2-4,8,15H,5-7,14H2,1H3. The van der Waals surface area contributed by atoms with Crippen molar-refractivity contribution in [1.82, 2.24) is 4.90 Å². The molecule has 0 aromatic heterocycles. The molecule has 1 amide bonds. The van der Waals surface area contributed by atoms with E-state index in [1.165, 1.54) is 12.1 Å². The number of benzene rings is 1. The van der Waals surface area contributed by atoms with Crippen LogP contribution in [0.3, 0.4) is 0 Å². The van der Waals surface area contributed by atoms with Crippen molar-refractivity contribution in [2.24, 2.45) is 5.84 Å². The zero-order chi connectivity index (χ0) is 13.1. The van der Waals surface area contributed by atoms with E-state index in [0.29, 0.717) is 19.8 Å². The van der Waals surface area contributed by atoms with Crippen LogP contribution in [-0.4, -0.2) is 36.6 Å². The van der Waals surface area contributed by atoms with Crippen LogP contribution in [0.1, 0.15) is 17.3 Å². The first-order valence-corrected chi connectivity index (χ1v) is 5.79. The molecule has 2 rings (SSSR count). The molecule has 0 aliphatic carbocycles. The Balaban J connectivity index is 2.30. The highest BCUT2D eigenvalue weighted by atomic mass is 19.1. The summed E-state index contributed by atoms with van der Waals surface area (Å²) >= 11 is 0. The number of halogens is 1. The van der Waals surface area contributed by atoms with Crippen LogP contribution in [-0.2, 0) is 4.74 Å². The molecular weight excluding hydrogens is 237 g/mol. The van der Waals surface area contributed by atoms with Gasteiger partial charge in [0, 0.05) is 6.54 Å². The van der Waals surface area contributed by atoms with Gasteiger partial charge in [-0.3, -0.25) is 10.6 Å². The number of hydrogen-bond acceptors (Lipinski definition) is 4. The maximum absolute atomic E-state index is 13.5.